The molecule has 0 N–H and O–H groups in total. The first-order valence-corrected chi connectivity index (χ1v) is 10.8. The number of hydrogen-bond donors (Lipinski definition) is 0. The summed E-state index contributed by atoms with van der Waals surface area (Å²) in [6.07, 6.45) is -3.70. The normalized spacial score (nSPS) is 11.6. The number of methoxy groups -OCH3 is 2. The van der Waals surface area contributed by atoms with Gasteiger partial charge in [0.2, 0.25) is 5.91 Å². The lowest BCUT2D eigenvalue weighted by atomic mass is 10.2. The second-order valence-corrected chi connectivity index (χ2v) is 7.99. The second-order valence-electron chi connectivity index (χ2n) is 6.64. The van der Waals surface area contributed by atoms with Crippen molar-refractivity contribution >= 4 is 34.9 Å². The highest BCUT2D eigenvalue weighted by atomic mass is 35.5. The van der Waals surface area contributed by atoms with Gasteiger partial charge in [0.15, 0.2) is 22.3 Å². The van der Waals surface area contributed by atoms with Crippen LogP contribution >= 0.6 is 23.4 Å². The number of amides is 1. The maximum atomic E-state index is 13.1. The SMILES string of the molecule is CCN(Cc1ccc(OC)c(OC)c1)C(=O)CSc1nnc2c(Cl)cc(C(F)(F)F)cn12. The van der Waals surface area contributed by atoms with E-state index in [9.17, 15) is 18.0 Å². The number of pyridine rings is 1. The summed E-state index contributed by atoms with van der Waals surface area (Å²) in [5.74, 6) is 0.893. The van der Waals surface area contributed by atoms with Crippen molar-refractivity contribution in [3.8, 4) is 11.5 Å². The molecule has 32 heavy (non-hydrogen) atoms. The van der Waals surface area contributed by atoms with Gasteiger partial charge in [-0.2, -0.15) is 13.2 Å². The van der Waals surface area contributed by atoms with E-state index in [1.54, 1.807) is 17.0 Å². The van der Waals surface area contributed by atoms with Crippen molar-refractivity contribution in [1.29, 1.82) is 0 Å². The quantitative estimate of drug-likeness (QED) is 0.433. The minimum atomic E-state index is -4.57. The van der Waals surface area contributed by atoms with Crippen LogP contribution in [0.25, 0.3) is 5.65 Å². The second kappa shape index (κ2) is 9.86. The third-order valence-corrected chi connectivity index (χ3v) is 5.84. The van der Waals surface area contributed by atoms with Crippen LogP contribution in [0.1, 0.15) is 18.1 Å². The minimum Gasteiger partial charge on any atom is -0.493 e. The lowest BCUT2D eigenvalue weighted by molar-refractivity contribution is -0.138. The van der Waals surface area contributed by atoms with Gasteiger partial charge >= 0.3 is 6.18 Å². The van der Waals surface area contributed by atoms with Gasteiger partial charge in [0, 0.05) is 19.3 Å². The molecule has 3 aromatic rings. The van der Waals surface area contributed by atoms with Crippen LogP contribution in [0.15, 0.2) is 35.6 Å². The fraction of sp³-hybridized carbons (Fsp3) is 0.350. The molecule has 1 amide bonds. The number of benzene rings is 1. The molecule has 3 rings (SSSR count). The van der Waals surface area contributed by atoms with Gasteiger partial charge < -0.3 is 14.4 Å². The third kappa shape index (κ3) is 5.21. The molecule has 0 spiro atoms. The average Bonchev–Trinajstić information content (AvgIpc) is 3.18. The highest BCUT2D eigenvalue weighted by Crippen LogP contribution is 2.33. The topological polar surface area (TPSA) is 69.0 Å². The van der Waals surface area contributed by atoms with Crippen molar-refractivity contribution in [2.75, 3.05) is 26.5 Å². The monoisotopic (exact) mass is 488 g/mol. The minimum absolute atomic E-state index is 0.0320. The molecule has 0 aliphatic carbocycles. The van der Waals surface area contributed by atoms with E-state index >= 15 is 0 Å². The molecule has 7 nitrogen and oxygen atoms in total. The maximum Gasteiger partial charge on any atom is 0.417 e. The predicted molar refractivity (Wildman–Crippen MR) is 114 cm³/mol. The molecule has 2 aromatic heterocycles. The van der Waals surface area contributed by atoms with Crippen LogP contribution in [0.4, 0.5) is 13.2 Å². The Balaban J connectivity index is 1.74. The van der Waals surface area contributed by atoms with E-state index in [1.807, 2.05) is 13.0 Å². The van der Waals surface area contributed by atoms with E-state index in [1.165, 1.54) is 14.2 Å². The van der Waals surface area contributed by atoms with Crippen molar-refractivity contribution in [2.45, 2.75) is 24.8 Å². The molecular weight excluding hydrogens is 469 g/mol. The maximum absolute atomic E-state index is 13.1. The molecule has 0 aliphatic rings. The number of carbonyl (C=O) groups is 1. The van der Waals surface area contributed by atoms with E-state index in [0.29, 0.717) is 24.6 Å². The Morgan fingerprint density at radius 1 is 1.19 bits per heavy atom. The summed E-state index contributed by atoms with van der Waals surface area (Å²) in [6.45, 7) is 2.62. The summed E-state index contributed by atoms with van der Waals surface area (Å²) in [5, 5.41) is 7.68. The van der Waals surface area contributed by atoms with E-state index < -0.39 is 11.7 Å². The van der Waals surface area contributed by atoms with Crippen LogP contribution in [-0.2, 0) is 17.5 Å². The zero-order valence-corrected chi connectivity index (χ0v) is 19.0. The molecule has 0 aliphatic heterocycles. The van der Waals surface area contributed by atoms with Crippen molar-refractivity contribution in [3.05, 3.63) is 46.6 Å². The Labute approximate surface area is 191 Å². The Morgan fingerprint density at radius 3 is 2.53 bits per heavy atom. The van der Waals surface area contributed by atoms with Gasteiger partial charge in [0.05, 0.1) is 30.6 Å². The molecule has 0 saturated heterocycles. The van der Waals surface area contributed by atoms with Gasteiger partial charge in [0.25, 0.3) is 0 Å². The lowest BCUT2D eigenvalue weighted by Gasteiger charge is -2.21. The fourth-order valence-electron chi connectivity index (χ4n) is 2.98. The average molecular weight is 489 g/mol. The Bertz CT molecular complexity index is 1120. The van der Waals surface area contributed by atoms with E-state index in [2.05, 4.69) is 10.2 Å². The van der Waals surface area contributed by atoms with Gasteiger partial charge in [-0.3, -0.25) is 9.20 Å². The van der Waals surface area contributed by atoms with Gasteiger partial charge in [-0.15, -0.1) is 10.2 Å². The Morgan fingerprint density at radius 2 is 1.91 bits per heavy atom. The van der Waals surface area contributed by atoms with E-state index in [-0.39, 0.29) is 27.5 Å². The smallest absolute Gasteiger partial charge is 0.417 e. The molecule has 0 saturated carbocycles. The van der Waals surface area contributed by atoms with Crippen LogP contribution in [0.3, 0.4) is 0 Å². The van der Waals surface area contributed by atoms with E-state index in [4.69, 9.17) is 21.1 Å². The zero-order chi connectivity index (χ0) is 23.5. The van der Waals surface area contributed by atoms with Crippen molar-refractivity contribution in [2.24, 2.45) is 0 Å². The number of halogens is 4. The van der Waals surface area contributed by atoms with Crippen molar-refractivity contribution in [1.82, 2.24) is 19.5 Å². The summed E-state index contributed by atoms with van der Waals surface area (Å²) >= 11 is 6.92. The molecular formula is C20H20ClF3N4O3S. The van der Waals surface area contributed by atoms with Crippen LogP contribution in [0.5, 0.6) is 11.5 Å². The first kappa shape index (κ1) is 24.0. The van der Waals surface area contributed by atoms with Crippen molar-refractivity contribution in [3.63, 3.8) is 0 Å². The molecule has 0 fully saturated rings. The highest BCUT2D eigenvalue weighted by Gasteiger charge is 2.32. The molecule has 2 heterocycles. The standard InChI is InChI=1S/C20H20ClF3N4O3S/c1-4-27(9-12-5-6-15(30-2)16(7-12)31-3)17(29)11-32-19-26-25-18-14(21)8-13(10-28(18)19)20(22,23)24/h5-8,10H,4,9,11H2,1-3H3. The first-order chi connectivity index (χ1) is 15.2. The van der Waals surface area contributed by atoms with Crippen molar-refractivity contribution < 1.29 is 27.4 Å². The summed E-state index contributed by atoms with van der Waals surface area (Å²) in [7, 11) is 3.07. The zero-order valence-electron chi connectivity index (χ0n) is 17.4. The largest absolute Gasteiger partial charge is 0.493 e. The van der Waals surface area contributed by atoms with Crippen LogP contribution < -0.4 is 9.47 Å². The number of rotatable bonds is 8. The number of thioether (sulfide) groups is 1. The highest BCUT2D eigenvalue weighted by molar-refractivity contribution is 7.99. The summed E-state index contributed by atoms with van der Waals surface area (Å²) in [5.41, 5.74) is 0.0104. The van der Waals surface area contributed by atoms with Crippen LogP contribution in [0.2, 0.25) is 5.02 Å². The molecule has 0 bridgehead atoms. The number of hydrogen-bond acceptors (Lipinski definition) is 6. The van der Waals surface area contributed by atoms with Gasteiger partial charge in [0.1, 0.15) is 0 Å². The Hall–Kier alpha value is -2.66. The molecule has 12 heteroatoms. The predicted octanol–water partition coefficient (Wildman–Crippen LogP) is 4.56. The molecule has 0 unspecified atom stereocenters. The number of carbonyl (C=O) groups excluding carboxylic acids is 1. The first-order valence-electron chi connectivity index (χ1n) is 9.40. The number of aromatic nitrogens is 3. The number of alkyl halides is 3. The summed E-state index contributed by atoms with van der Waals surface area (Å²) in [6, 6.07) is 6.17. The summed E-state index contributed by atoms with van der Waals surface area (Å²) in [4.78, 5) is 14.4. The lowest BCUT2D eigenvalue weighted by Crippen LogP contribution is -2.31. The number of fused-ring (bicyclic) bond motifs is 1. The van der Waals surface area contributed by atoms with Gasteiger partial charge in [-0.05, 0) is 30.7 Å². The summed E-state index contributed by atoms with van der Waals surface area (Å²) < 4.78 is 51.0. The van der Waals surface area contributed by atoms with Crippen LogP contribution in [0, 0.1) is 0 Å². The Kier molecular flexibility index (Phi) is 7.40. The fourth-order valence-corrected chi connectivity index (χ4v) is 4.04. The molecule has 0 atom stereocenters. The van der Waals surface area contributed by atoms with E-state index in [0.717, 1.165) is 34.0 Å². The van der Waals surface area contributed by atoms with Gasteiger partial charge in [-0.1, -0.05) is 29.4 Å². The number of ether oxygens (including phenoxy) is 2. The van der Waals surface area contributed by atoms with Gasteiger partial charge in [-0.25, -0.2) is 0 Å². The number of nitrogens with zero attached hydrogens (tertiary/aromatic N) is 4. The molecule has 1 aromatic carbocycles. The third-order valence-electron chi connectivity index (χ3n) is 4.64. The molecule has 0 radical (unpaired) electrons. The van der Waals surface area contributed by atoms with Crippen LogP contribution in [-0.4, -0.2) is 51.9 Å². The molecule has 172 valence electrons.